The van der Waals surface area contributed by atoms with Crippen LogP contribution < -0.4 is 0 Å². The van der Waals surface area contributed by atoms with Crippen molar-refractivity contribution in [1.82, 2.24) is 29.1 Å². The maximum atomic E-state index is 10.3. The van der Waals surface area contributed by atoms with Gasteiger partial charge in [-0.1, -0.05) is 12.8 Å². The highest BCUT2D eigenvalue weighted by atomic mass is 16.6. The molecule has 10 nitrogen and oxygen atoms in total. The predicted molar refractivity (Wildman–Crippen MR) is 88.3 cm³/mol. The van der Waals surface area contributed by atoms with E-state index < -0.39 is 24.5 Å². The van der Waals surface area contributed by atoms with Gasteiger partial charge >= 0.3 is 0 Å². The van der Waals surface area contributed by atoms with Gasteiger partial charge in [-0.2, -0.15) is 0 Å². The van der Waals surface area contributed by atoms with Crippen LogP contribution in [0.15, 0.2) is 12.7 Å². The van der Waals surface area contributed by atoms with E-state index in [4.69, 9.17) is 4.74 Å². The van der Waals surface area contributed by atoms with Gasteiger partial charge in [0.05, 0.1) is 12.9 Å². The third kappa shape index (κ3) is 2.19. The Morgan fingerprint density at radius 1 is 1.04 bits per heavy atom. The van der Waals surface area contributed by atoms with Gasteiger partial charge in [0.2, 0.25) is 0 Å². The predicted octanol–water partition coefficient (Wildman–Crippen LogP) is -0.257. The molecule has 1 saturated heterocycles. The van der Waals surface area contributed by atoms with Gasteiger partial charge in [-0.25, -0.2) is 9.97 Å². The molecule has 0 bridgehead atoms. The van der Waals surface area contributed by atoms with Crippen LogP contribution in [-0.2, 0) is 4.74 Å². The van der Waals surface area contributed by atoms with Gasteiger partial charge in [0.1, 0.15) is 30.5 Å². The first-order valence-electron chi connectivity index (χ1n) is 8.87. The van der Waals surface area contributed by atoms with E-state index in [2.05, 4.69) is 20.2 Å². The molecule has 3 aromatic rings. The number of nitrogens with zero attached hydrogens (tertiary/aromatic N) is 6. The van der Waals surface area contributed by atoms with Crippen LogP contribution >= 0.6 is 0 Å². The van der Waals surface area contributed by atoms with Crippen LogP contribution in [0.5, 0.6) is 0 Å². The van der Waals surface area contributed by atoms with Crippen molar-refractivity contribution in [1.29, 1.82) is 0 Å². The monoisotopic (exact) mass is 360 g/mol. The summed E-state index contributed by atoms with van der Waals surface area (Å²) in [6.45, 7) is -0.381. The highest BCUT2D eigenvalue weighted by Gasteiger charge is 2.44. The van der Waals surface area contributed by atoms with E-state index in [1.165, 1.54) is 19.2 Å². The summed E-state index contributed by atoms with van der Waals surface area (Å²) in [4.78, 5) is 8.86. The highest BCUT2D eigenvalue weighted by Crippen LogP contribution is 2.35. The van der Waals surface area contributed by atoms with Gasteiger partial charge in [-0.05, 0) is 12.8 Å². The van der Waals surface area contributed by atoms with Gasteiger partial charge in [0.15, 0.2) is 23.0 Å². The number of imidazole rings is 1. The molecule has 2 fully saturated rings. The SMILES string of the molecule is OCC1OC(n2cnc3c2ncn2c(C4CCCC4)nnc32)C(O)C1O. The number of hydrogen-bond donors (Lipinski definition) is 3. The van der Waals surface area contributed by atoms with Crippen molar-refractivity contribution in [2.45, 2.75) is 56.1 Å². The summed E-state index contributed by atoms with van der Waals surface area (Å²) in [7, 11) is 0. The average Bonchev–Trinajstić information content (AvgIpc) is 3.41. The molecular weight excluding hydrogens is 340 g/mol. The molecule has 138 valence electrons. The largest absolute Gasteiger partial charge is 0.394 e. The van der Waals surface area contributed by atoms with E-state index in [1.54, 1.807) is 10.9 Å². The van der Waals surface area contributed by atoms with Crippen molar-refractivity contribution in [2.24, 2.45) is 0 Å². The molecule has 0 spiro atoms. The zero-order valence-corrected chi connectivity index (χ0v) is 14.0. The molecule has 3 aromatic heterocycles. The Hall–Kier alpha value is -2.14. The number of aromatic nitrogens is 6. The van der Waals surface area contributed by atoms with E-state index >= 15 is 0 Å². The van der Waals surface area contributed by atoms with Gasteiger partial charge in [-0.15, -0.1) is 10.2 Å². The molecule has 26 heavy (non-hydrogen) atoms. The average molecular weight is 360 g/mol. The van der Waals surface area contributed by atoms with E-state index in [0.717, 1.165) is 18.7 Å². The minimum Gasteiger partial charge on any atom is -0.394 e. The first kappa shape index (κ1) is 16.1. The fraction of sp³-hybridized carbons (Fsp3) is 0.625. The van der Waals surface area contributed by atoms with E-state index in [9.17, 15) is 15.3 Å². The van der Waals surface area contributed by atoms with Crippen LogP contribution in [0.1, 0.15) is 43.7 Å². The van der Waals surface area contributed by atoms with Gasteiger partial charge in [-0.3, -0.25) is 8.97 Å². The zero-order chi connectivity index (χ0) is 17.8. The van der Waals surface area contributed by atoms with Crippen LogP contribution in [0.2, 0.25) is 0 Å². The van der Waals surface area contributed by atoms with Crippen LogP contribution in [0.3, 0.4) is 0 Å². The number of aliphatic hydroxyl groups excluding tert-OH is 3. The molecule has 10 heteroatoms. The molecule has 1 saturated carbocycles. The molecular formula is C16H20N6O4. The maximum absolute atomic E-state index is 10.3. The lowest BCUT2D eigenvalue weighted by atomic mass is 10.1. The third-order valence-corrected chi connectivity index (χ3v) is 5.51. The van der Waals surface area contributed by atoms with Gasteiger partial charge in [0, 0.05) is 5.92 Å². The Balaban J connectivity index is 1.58. The molecule has 4 heterocycles. The fourth-order valence-electron chi connectivity index (χ4n) is 4.09. The normalized spacial score (nSPS) is 30.1. The van der Waals surface area contributed by atoms with E-state index in [0.29, 0.717) is 22.7 Å². The molecule has 4 unspecified atom stereocenters. The smallest absolute Gasteiger partial charge is 0.191 e. The van der Waals surface area contributed by atoms with Gasteiger partial charge in [0.25, 0.3) is 0 Å². The van der Waals surface area contributed by atoms with Crippen molar-refractivity contribution in [3.8, 4) is 0 Å². The number of rotatable bonds is 3. The summed E-state index contributed by atoms with van der Waals surface area (Å²) in [5.74, 6) is 1.31. The van der Waals surface area contributed by atoms with Crippen molar-refractivity contribution in [3.05, 3.63) is 18.5 Å². The second-order valence-electron chi connectivity index (χ2n) is 7.03. The Morgan fingerprint density at radius 3 is 2.58 bits per heavy atom. The number of fused-ring (bicyclic) bond motifs is 3. The van der Waals surface area contributed by atoms with Crippen LogP contribution in [0.4, 0.5) is 0 Å². The zero-order valence-electron chi connectivity index (χ0n) is 14.0. The number of aliphatic hydroxyl groups is 3. The van der Waals surface area contributed by atoms with Crippen LogP contribution in [0.25, 0.3) is 16.8 Å². The third-order valence-electron chi connectivity index (χ3n) is 5.51. The Morgan fingerprint density at radius 2 is 1.85 bits per heavy atom. The molecule has 3 N–H and O–H groups in total. The quantitative estimate of drug-likeness (QED) is 0.582. The summed E-state index contributed by atoms with van der Waals surface area (Å²) in [6.07, 6.45) is 3.71. The maximum Gasteiger partial charge on any atom is 0.191 e. The highest BCUT2D eigenvalue weighted by molar-refractivity contribution is 5.85. The minimum atomic E-state index is -1.19. The second kappa shape index (κ2) is 5.95. The summed E-state index contributed by atoms with van der Waals surface area (Å²) in [6, 6.07) is 0. The fourth-order valence-corrected chi connectivity index (χ4v) is 4.09. The lowest BCUT2D eigenvalue weighted by Gasteiger charge is -2.16. The van der Waals surface area contributed by atoms with Crippen molar-refractivity contribution >= 4 is 16.8 Å². The molecule has 2 aliphatic rings. The summed E-state index contributed by atoms with van der Waals surface area (Å²) in [5.41, 5.74) is 1.65. The lowest BCUT2D eigenvalue weighted by Crippen LogP contribution is -2.33. The molecule has 0 radical (unpaired) electrons. The first-order chi connectivity index (χ1) is 12.7. The first-order valence-corrected chi connectivity index (χ1v) is 8.87. The molecule has 1 aliphatic heterocycles. The Labute approximate surface area is 148 Å². The lowest BCUT2D eigenvalue weighted by molar-refractivity contribution is -0.0511. The molecule has 0 amide bonds. The second-order valence-corrected chi connectivity index (χ2v) is 7.03. The minimum absolute atomic E-state index is 0.381. The van der Waals surface area contributed by atoms with Crippen LogP contribution in [0, 0.1) is 0 Å². The van der Waals surface area contributed by atoms with Crippen molar-refractivity contribution < 1.29 is 20.1 Å². The van der Waals surface area contributed by atoms with Crippen molar-refractivity contribution in [2.75, 3.05) is 6.61 Å². The van der Waals surface area contributed by atoms with E-state index in [1.807, 2.05) is 4.40 Å². The standard InChI is InChI=1S/C16H20N6O4/c23-5-9-11(24)12(25)16(26-9)22-6-17-10-14(22)18-7-21-13(19-20-15(10)21)8-3-1-2-4-8/h6-9,11-12,16,23-25H,1-5H2. The van der Waals surface area contributed by atoms with Crippen molar-refractivity contribution in [3.63, 3.8) is 0 Å². The van der Waals surface area contributed by atoms with Gasteiger partial charge < -0.3 is 20.1 Å². The number of hydrogen-bond acceptors (Lipinski definition) is 8. The summed E-state index contributed by atoms with van der Waals surface area (Å²) >= 11 is 0. The molecule has 4 atom stereocenters. The number of ether oxygens (including phenoxy) is 1. The Kier molecular flexibility index (Phi) is 3.67. The van der Waals surface area contributed by atoms with E-state index in [-0.39, 0.29) is 6.61 Å². The summed E-state index contributed by atoms with van der Waals surface area (Å²) in [5, 5.41) is 38.2. The molecule has 1 aliphatic carbocycles. The topological polar surface area (TPSA) is 131 Å². The molecule has 5 rings (SSSR count). The Bertz CT molecular complexity index is 949. The molecule has 0 aromatic carbocycles. The van der Waals surface area contributed by atoms with Crippen LogP contribution in [-0.4, -0.2) is 69.4 Å². The summed E-state index contributed by atoms with van der Waals surface area (Å²) < 4.78 is 9.02.